The number of halogens is 3. The standard InChI is InChI=1S/C35H33F3N4O11S/c1-22(54-26-16-49-33(50-17-26)5-3-2-4-24-7-6-23(15-39)12-28(24)37)35(18-42-20-40-19-41-42,27-9-8-25(36)13-29(27)38)53-34(47)52-21-51-31(45)10-11-48-32(46)14-30(43)44/h2-9,12-13,19-20,22,26,33H,10-11,14,16-18,21H2,1H3,(H,43,44)/b4-2+,5-3+/t22-,26?,33?,35-/m1/s1. The van der Waals surface area contributed by atoms with Crippen LogP contribution in [0.5, 0.6) is 0 Å². The van der Waals surface area contributed by atoms with E-state index in [1.54, 1.807) is 25.2 Å². The van der Waals surface area contributed by atoms with Crippen LogP contribution in [0.3, 0.4) is 0 Å². The van der Waals surface area contributed by atoms with Crippen molar-refractivity contribution < 1.29 is 65.9 Å². The van der Waals surface area contributed by atoms with Crippen LogP contribution < -0.4 is 0 Å². The third-order valence-electron chi connectivity index (χ3n) is 7.51. The number of nitrogens with zero attached hydrogens (tertiary/aromatic N) is 4. The van der Waals surface area contributed by atoms with Crippen LogP contribution in [0, 0.1) is 28.8 Å². The van der Waals surface area contributed by atoms with Gasteiger partial charge in [0.1, 0.15) is 43.1 Å². The van der Waals surface area contributed by atoms with Crippen molar-refractivity contribution >= 4 is 41.9 Å². The van der Waals surface area contributed by atoms with Gasteiger partial charge in [-0.15, -0.1) is 11.8 Å². The van der Waals surface area contributed by atoms with Gasteiger partial charge in [-0.05, 0) is 37.3 Å². The zero-order chi connectivity index (χ0) is 39.1. The van der Waals surface area contributed by atoms with Crippen molar-refractivity contribution in [1.29, 1.82) is 5.26 Å². The minimum atomic E-state index is -1.95. The number of carboxylic acids is 1. The SMILES string of the molecule is C[C@@H](SC1COC(/C=C/C=C/c2ccc(C#N)cc2F)OC1)[C@@](Cn1cncn1)(OC(=O)OCOC(=O)CCOC(=O)CC(=O)O)c1ccc(F)cc1F. The zero-order valence-corrected chi connectivity index (χ0v) is 29.3. The second kappa shape index (κ2) is 19.9. The van der Waals surface area contributed by atoms with Gasteiger partial charge in [0.25, 0.3) is 0 Å². The van der Waals surface area contributed by atoms with Crippen LogP contribution in [0.2, 0.25) is 0 Å². The smallest absolute Gasteiger partial charge is 0.481 e. The number of nitriles is 1. The highest BCUT2D eigenvalue weighted by Gasteiger charge is 2.47. The van der Waals surface area contributed by atoms with E-state index in [9.17, 15) is 28.0 Å². The molecule has 0 aliphatic carbocycles. The predicted molar refractivity (Wildman–Crippen MR) is 180 cm³/mol. The van der Waals surface area contributed by atoms with Gasteiger partial charge in [0.05, 0.1) is 43.1 Å². The molecule has 1 aliphatic heterocycles. The molecule has 0 spiro atoms. The summed E-state index contributed by atoms with van der Waals surface area (Å²) in [4.78, 5) is 50.9. The summed E-state index contributed by atoms with van der Waals surface area (Å²) in [6.45, 7) is 0.127. The average Bonchev–Trinajstić information content (AvgIpc) is 3.63. The highest BCUT2D eigenvalue weighted by molar-refractivity contribution is 8.00. The van der Waals surface area contributed by atoms with E-state index < -0.39 is 90.1 Å². The lowest BCUT2D eigenvalue weighted by molar-refractivity contribution is -0.158. The van der Waals surface area contributed by atoms with Crippen LogP contribution in [0.15, 0.2) is 67.3 Å². The van der Waals surface area contributed by atoms with Crippen molar-refractivity contribution in [2.24, 2.45) is 0 Å². The van der Waals surface area contributed by atoms with Gasteiger partial charge < -0.3 is 33.5 Å². The molecule has 2 aromatic carbocycles. The average molecular weight is 775 g/mol. The number of esters is 2. The Kier molecular flexibility index (Phi) is 15.2. The van der Waals surface area contributed by atoms with Crippen LogP contribution in [0.1, 0.15) is 36.5 Å². The van der Waals surface area contributed by atoms with Gasteiger partial charge in [-0.2, -0.15) is 10.4 Å². The highest BCUT2D eigenvalue weighted by Crippen LogP contribution is 2.42. The Labute approximate surface area is 310 Å². The van der Waals surface area contributed by atoms with E-state index in [1.807, 2.05) is 6.07 Å². The van der Waals surface area contributed by atoms with E-state index in [0.29, 0.717) is 6.07 Å². The van der Waals surface area contributed by atoms with E-state index in [4.69, 9.17) is 34.1 Å². The molecule has 1 saturated heterocycles. The number of hydrogen-bond donors (Lipinski definition) is 1. The largest absolute Gasteiger partial charge is 0.512 e. The molecule has 0 bridgehead atoms. The molecule has 1 aliphatic rings. The molecule has 0 unspecified atom stereocenters. The number of ether oxygens (including phenoxy) is 6. The maximum absolute atomic E-state index is 15.6. The van der Waals surface area contributed by atoms with Crippen LogP contribution in [-0.4, -0.2) is 87.3 Å². The molecule has 2 heterocycles. The lowest BCUT2D eigenvalue weighted by atomic mass is 9.89. The lowest BCUT2D eigenvalue weighted by Crippen LogP contribution is -2.47. The van der Waals surface area contributed by atoms with E-state index in [-0.39, 0.29) is 36.4 Å². The van der Waals surface area contributed by atoms with Crippen LogP contribution in [-0.2, 0) is 55.0 Å². The first-order chi connectivity index (χ1) is 25.9. The second-order valence-electron chi connectivity index (χ2n) is 11.3. The molecule has 19 heteroatoms. The molecular weight excluding hydrogens is 741 g/mol. The van der Waals surface area contributed by atoms with Crippen LogP contribution in [0.25, 0.3) is 6.08 Å². The third kappa shape index (κ3) is 12.2. The number of allylic oxidation sites excluding steroid dienone is 2. The summed E-state index contributed by atoms with van der Waals surface area (Å²) in [7, 11) is 0. The van der Waals surface area contributed by atoms with E-state index in [1.165, 1.54) is 47.3 Å². The summed E-state index contributed by atoms with van der Waals surface area (Å²) in [5.74, 6) is -5.92. The fourth-order valence-corrected chi connectivity index (χ4v) is 6.30. The number of rotatable bonds is 17. The van der Waals surface area contributed by atoms with Gasteiger partial charge in [-0.1, -0.05) is 24.3 Å². The van der Waals surface area contributed by atoms with Crippen LogP contribution in [0.4, 0.5) is 18.0 Å². The maximum atomic E-state index is 15.6. The molecule has 1 fully saturated rings. The van der Waals surface area contributed by atoms with Gasteiger partial charge in [0, 0.05) is 22.4 Å². The van der Waals surface area contributed by atoms with Gasteiger partial charge in [0.15, 0.2) is 11.9 Å². The van der Waals surface area contributed by atoms with Crippen molar-refractivity contribution in [1.82, 2.24) is 14.8 Å². The molecule has 54 heavy (non-hydrogen) atoms. The number of benzene rings is 2. The topological polar surface area (TPSA) is 198 Å². The second-order valence-corrected chi connectivity index (χ2v) is 13.0. The van der Waals surface area contributed by atoms with Crippen molar-refractivity contribution in [2.45, 2.75) is 48.7 Å². The molecule has 0 saturated carbocycles. The third-order valence-corrected chi connectivity index (χ3v) is 8.95. The molecule has 4 rings (SSSR count). The Balaban J connectivity index is 1.42. The number of aliphatic carboxylic acids is 1. The quantitative estimate of drug-likeness (QED) is 0.0653. The van der Waals surface area contributed by atoms with Crippen molar-refractivity contribution in [2.75, 3.05) is 26.6 Å². The summed E-state index contributed by atoms with van der Waals surface area (Å²) in [5, 5.41) is 20.3. The number of aromatic nitrogens is 3. The van der Waals surface area contributed by atoms with Gasteiger partial charge in [-0.25, -0.2) is 27.6 Å². The fraction of sp³-hybridized carbons (Fsp3) is 0.343. The van der Waals surface area contributed by atoms with Crippen molar-refractivity contribution in [3.8, 4) is 6.07 Å². The van der Waals surface area contributed by atoms with Crippen molar-refractivity contribution in [3.63, 3.8) is 0 Å². The molecule has 0 amide bonds. The molecule has 286 valence electrons. The number of carbonyl (C=O) groups excluding carboxylic acids is 3. The molecule has 1 aromatic heterocycles. The summed E-state index contributed by atoms with van der Waals surface area (Å²) in [6, 6.07) is 8.69. The first kappa shape index (κ1) is 41.1. The molecule has 15 nitrogen and oxygen atoms in total. The normalized spacial score (nSPS) is 17.3. The fourth-order valence-electron chi connectivity index (χ4n) is 4.94. The number of carbonyl (C=O) groups is 4. The first-order valence-corrected chi connectivity index (χ1v) is 16.9. The number of thioether (sulfide) groups is 1. The number of hydrogen-bond acceptors (Lipinski definition) is 14. The Hall–Kier alpha value is -5.71. The predicted octanol–water partition coefficient (Wildman–Crippen LogP) is 4.66. The molecule has 2 atom stereocenters. The Bertz CT molecular complexity index is 1880. The summed E-state index contributed by atoms with van der Waals surface area (Å²) in [5.41, 5.74) is -1.70. The minimum Gasteiger partial charge on any atom is -0.481 e. The van der Waals surface area contributed by atoms with Crippen LogP contribution >= 0.6 is 11.8 Å². The Morgan fingerprint density at radius 1 is 1.07 bits per heavy atom. The van der Waals surface area contributed by atoms with E-state index in [2.05, 4.69) is 14.8 Å². The summed E-state index contributed by atoms with van der Waals surface area (Å²) in [6.07, 6.45) is 5.26. The Morgan fingerprint density at radius 2 is 1.85 bits per heavy atom. The van der Waals surface area contributed by atoms with Gasteiger partial charge >= 0.3 is 24.1 Å². The molecule has 3 aromatic rings. The summed E-state index contributed by atoms with van der Waals surface area (Å²) >= 11 is 1.20. The molecular formula is C35H33F3N4O11S. The zero-order valence-electron chi connectivity index (χ0n) is 28.5. The Morgan fingerprint density at radius 3 is 2.52 bits per heavy atom. The van der Waals surface area contributed by atoms with E-state index >= 15 is 4.39 Å². The first-order valence-electron chi connectivity index (χ1n) is 16.0. The highest BCUT2D eigenvalue weighted by atomic mass is 32.2. The minimum absolute atomic E-state index is 0.134. The van der Waals surface area contributed by atoms with Gasteiger partial charge in [0.2, 0.25) is 6.79 Å². The maximum Gasteiger partial charge on any atom is 0.512 e. The van der Waals surface area contributed by atoms with Crippen molar-refractivity contribution in [3.05, 3.63) is 101 Å². The molecule has 0 radical (unpaired) electrons. The summed E-state index contributed by atoms with van der Waals surface area (Å²) < 4.78 is 76.9. The van der Waals surface area contributed by atoms with E-state index in [0.717, 1.165) is 18.2 Å². The monoisotopic (exact) mass is 774 g/mol. The number of carboxylic acid groups (broad SMARTS) is 1. The molecule has 1 N–H and O–H groups in total. The lowest BCUT2D eigenvalue weighted by Gasteiger charge is -2.40. The van der Waals surface area contributed by atoms with Gasteiger partial charge in [-0.3, -0.25) is 14.4 Å².